The SMILES string of the molecule is CC(Nc1cccnc1C#N)(C(=O)O)C1CC1. The molecule has 0 radical (unpaired) electrons. The van der Waals surface area contributed by atoms with Crippen molar-refractivity contribution >= 4 is 11.7 Å². The van der Waals surface area contributed by atoms with Crippen molar-refractivity contribution in [1.29, 1.82) is 5.26 Å². The third kappa shape index (κ3) is 2.07. The molecule has 1 aliphatic rings. The van der Waals surface area contributed by atoms with Gasteiger partial charge in [0.05, 0.1) is 5.69 Å². The van der Waals surface area contributed by atoms with Gasteiger partial charge >= 0.3 is 5.97 Å². The molecule has 1 aliphatic carbocycles. The van der Waals surface area contributed by atoms with Crippen molar-refractivity contribution in [2.24, 2.45) is 5.92 Å². The highest BCUT2D eigenvalue weighted by molar-refractivity contribution is 5.83. The fraction of sp³-hybridized carbons (Fsp3) is 0.417. The number of aliphatic carboxylic acids is 1. The highest BCUT2D eigenvalue weighted by Crippen LogP contribution is 2.41. The van der Waals surface area contributed by atoms with E-state index < -0.39 is 11.5 Å². The molecule has 1 saturated carbocycles. The maximum absolute atomic E-state index is 11.3. The number of rotatable bonds is 4. The average Bonchev–Trinajstić information content (AvgIpc) is 3.13. The normalized spacial score (nSPS) is 17.9. The lowest BCUT2D eigenvalue weighted by molar-refractivity contribution is -0.142. The number of hydrogen-bond acceptors (Lipinski definition) is 4. The predicted molar refractivity (Wildman–Crippen MR) is 61.3 cm³/mol. The van der Waals surface area contributed by atoms with Crippen molar-refractivity contribution in [1.82, 2.24) is 4.98 Å². The van der Waals surface area contributed by atoms with Crippen LogP contribution in [0.3, 0.4) is 0 Å². The molecule has 17 heavy (non-hydrogen) atoms. The average molecular weight is 231 g/mol. The number of nitrogens with one attached hydrogen (secondary N) is 1. The summed E-state index contributed by atoms with van der Waals surface area (Å²) in [7, 11) is 0. The van der Waals surface area contributed by atoms with Crippen LogP contribution >= 0.6 is 0 Å². The smallest absolute Gasteiger partial charge is 0.329 e. The number of nitrogens with zero attached hydrogens (tertiary/aromatic N) is 2. The third-order valence-corrected chi connectivity index (χ3v) is 3.15. The van der Waals surface area contributed by atoms with Gasteiger partial charge in [0.25, 0.3) is 0 Å². The number of pyridine rings is 1. The van der Waals surface area contributed by atoms with Crippen LogP contribution in [0.5, 0.6) is 0 Å². The van der Waals surface area contributed by atoms with E-state index in [0.29, 0.717) is 5.69 Å². The minimum Gasteiger partial charge on any atom is -0.480 e. The second-order valence-electron chi connectivity index (χ2n) is 4.42. The zero-order chi connectivity index (χ0) is 12.5. The van der Waals surface area contributed by atoms with Crippen LogP contribution in [0.2, 0.25) is 0 Å². The van der Waals surface area contributed by atoms with Gasteiger partial charge in [0.2, 0.25) is 0 Å². The zero-order valence-corrected chi connectivity index (χ0v) is 9.47. The van der Waals surface area contributed by atoms with Gasteiger partial charge in [0.1, 0.15) is 11.6 Å². The van der Waals surface area contributed by atoms with E-state index in [2.05, 4.69) is 10.3 Å². The number of carboxylic acid groups (broad SMARTS) is 1. The molecule has 0 aliphatic heterocycles. The molecule has 1 atom stereocenters. The van der Waals surface area contributed by atoms with Gasteiger partial charge in [-0.3, -0.25) is 0 Å². The molecule has 5 heteroatoms. The van der Waals surface area contributed by atoms with Crippen LogP contribution in [-0.4, -0.2) is 21.6 Å². The van der Waals surface area contributed by atoms with E-state index in [1.807, 2.05) is 6.07 Å². The largest absolute Gasteiger partial charge is 0.480 e. The van der Waals surface area contributed by atoms with Crippen LogP contribution in [0.4, 0.5) is 5.69 Å². The van der Waals surface area contributed by atoms with E-state index in [9.17, 15) is 9.90 Å². The first-order valence-electron chi connectivity index (χ1n) is 5.44. The maximum atomic E-state index is 11.3. The number of nitriles is 1. The van der Waals surface area contributed by atoms with E-state index in [4.69, 9.17) is 5.26 Å². The number of carbonyl (C=O) groups is 1. The quantitative estimate of drug-likeness (QED) is 0.822. The Morgan fingerprint density at radius 2 is 2.41 bits per heavy atom. The van der Waals surface area contributed by atoms with Crippen molar-refractivity contribution in [3.8, 4) is 6.07 Å². The Labute approximate surface area is 99.1 Å². The standard InChI is InChI=1S/C12H13N3O2/c1-12(11(16)17,8-4-5-8)15-9-3-2-6-14-10(9)7-13/h2-3,6,8,15H,4-5H2,1H3,(H,16,17). The molecule has 0 bridgehead atoms. The summed E-state index contributed by atoms with van der Waals surface area (Å²) in [5, 5.41) is 21.2. The number of carboxylic acids is 1. The van der Waals surface area contributed by atoms with Crippen molar-refractivity contribution in [3.05, 3.63) is 24.0 Å². The molecule has 1 unspecified atom stereocenters. The molecule has 88 valence electrons. The number of anilines is 1. The molecule has 2 N–H and O–H groups in total. The summed E-state index contributed by atoms with van der Waals surface area (Å²) < 4.78 is 0. The van der Waals surface area contributed by atoms with E-state index in [1.54, 1.807) is 19.1 Å². The predicted octanol–water partition coefficient (Wildman–Crippen LogP) is 1.62. The molecule has 1 aromatic rings. The Morgan fingerprint density at radius 3 is 2.94 bits per heavy atom. The minimum absolute atomic E-state index is 0.117. The lowest BCUT2D eigenvalue weighted by Gasteiger charge is -2.27. The lowest BCUT2D eigenvalue weighted by atomic mass is 9.95. The lowest BCUT2D eigenvalue weighted by Crippen LogP contribution is -2.45. The first-order chi connectivity index (χ1) is 8.08. The first kappa shape index (κ1) is 11.4. The molecule has 0 aromatic carbocycles. The molecular formula is C12H13N3O2. The van der Waals surface area contributed by atoms with Gasteiger partial charge in [0.15, 0.2) is 5.69 Å². The Kier molecular flexibility index (Phi) is 2.72. The van der Waals surface area contributed by atoms with Crippen molar-refractivity contribution in [2.75, 3.05) is 5.32 Å². The van der Waals surface area contributed by atoms with Gasteiger partial charge in [-0.2, -0.15) is 5.26 Å². The highest BCUT2D eigenvalue weighted by Gasteiger charge is 2.47. The summed E-state index contributed by atoms with van der Waals surface area (Å²) in [5.74, 6) is -0.778. The van der Waals surface area contributed by atoms with Crippen molar-refractivity contribution in [3.63, 3.8) is 0 Å². The van der Waals surface area contributed by atoms with Gasteiger partial charge in [-0.25, -0.2) is 9.78 Å². The van der Waals surface area contributed by atoms with E-state index in [0.717, 1.165) is 12.8 Å². The summed E-state index contributed by atoms with van der Waals surface area (Å²) in [5.41, 5.74) is -0.318. The monoisotopic (exact) mass is 231 g/mol. The summed E-state index contributed by atoms with van der Waals surface area (Å²) >= 11 is 0. The molecule has 0 amide bonds. The van der Waals surface area contributed by atoms with Crippen LogP contribution in [0.15, 0.2) is 18.3 Å². The maximum Gasteiger partial charge on any atom is 0.329 e. The second kappa shape index (κ2) is 4.06. The topological polar surface area (TPSA) is 86.0 Å². The fourth-order valence-electron chi connectivity index (χ4n) is 1.87. The Morgan fingerprint density at radius 1 is 1.71 bits per heavy atom. The molecule has 1 fully saturated rings. The van der Waals surface area contributed by atoms with Crippen LogP contribution in [-0.2, 0) is 4.79 Å². The van der Waals surface area contributed by atoms with Gasteiger partial charge in [-0.15, -0.1) is 0 Å². The molecule has 1 heterocycles. The van der Waals surface area contributed by atoms with Crippen molar-refractivity contribution in [2.45, 2.75) is 25.3 Å². The Balaban J connectivity index is 2.30. The van der Waals surface area contributed by atoms with Crippen LogP contribution in [0.1, 0.15) is 25.5 Å². The summed E-state index contributed by atoms with van der Waals surface area (Å²) in [6.45, 7) is 1.65. The fourth-order valence-corrected chi connectivity index (χ4v) is 1.87. The third-order valence-electron chi connectivity index (χ3n) is 3.15. The summed E-state index contributed by atoms with van der Waals surface area (Å²) in [6.07, 6.45) is 3.31. The van der Waals surface area contributed by atoms with Gasteiger partial charge in [-0.05, 0) is 37.8 Å². The van der Waals surface area contributed by atoms with E-state index in [-0.39, 0.29) is 11.6 Å². The molecule has 0 spiro atoms. The second-order valence-corrected chi connectivity index (χ2v) is 4.42. The van der Waals surface area contributed by atoms with Crippen LogP contribution < -0.4 is 5.32 Å². The zero-order valence-electron chi connectivity index (χ0n) is 9.47. The molecule has 2 rings (SSSR count). The molecule has 5 nitrogen and oxygen atoms in total. The first-order valence-corrected chi connectivity index (χ1v) is 5.44. The minimum atomic E-state index is -1.02. The van der Waals surface area contributed by atoms with Crippen molar-refractivity contribution < 1.29 is 9.90 Å². The Bertz CT molecular complexity index is 491. The van der Waals surface area contributed by atoms with Gasteiger partial charge < -0.3 is 10.4 Å². The van der Waals surface area contributed by atoms with Gasteiger partial charge in [0, 0.05) is 6.20 Å². The van der Waals surface area contributed by atoms with Gasteiger partial charge in [-0.1, -0.05) is 0 Å². The van der Waals surface area contributed by atoms with E-state index in [1.165, 1.54) is 6.20 Å². The van der Waals surface area contributed by atoms with E-state index >= 15 is 0 Å². The number of hydrogen-bond donors (Lipinski definition) is 2. The Hall–Kier alpha value is -2.09. The van der Waals surface area contributed by atoms with Crippen LogP contribution in [0, 0.1) is 17.2 Å². The molecular weight excluding hydrogens is 218 g/mol. The molecule has 0 saturated heterocycles. The molecule has 1 aromatic heterocycles. The van der Waals surface area contributed by atoms with Crippen LogP contribution in [0.25, 0.3) is 0 Å². The summed E-state index contributed by atoms with van der Waals surface area (Å²) in [4.78, 5) is 15.2. The highest BCUT2D eigenvalue weighted by atomic mass is 16.4. The number of aromatic nitrogens is 1. The summed E-state index contributed by atoms with van der Waals surface area (Å²) in [6, 6.07) is 5.30.